The fraction of sp³-hybridized carbons (Fsp3) is 0.361. The Bertz CT molecular complexity index is 1550. The zero-order chi connectivity index (χ0) is 30.9. The lowest BCUT2D eigenvalue weighted by atomic mass is 9.96. The fourth-order valence-corrected chi connectivity index (χ4v) is 7.13. The van der Waals surface area contributed by atoms with Gasteiger partial charge in [0.1, 0.15) is 0 Å². The van der Waals surface area contributed by atoms with Gasteiger partial charge in [0.05, 0.1) is 11.7 Å². The number of thioether (sulfide) groups is 1. The first-order valence-corrected chi connectivity index (χ1v) is 16.9. The summed E-state index contributed by atoms with van der Waals surface area (Å²) in [5.74, 6) is 1.04. The summed E-state index contributed by atoms with van der Waals surface area (Å²) in [6.45, 7) is 5.23. The molecule has 44 heavy (non-hydrogen) atoms. The van der Waals surface area contributed by atoms with E-state index in [1.54, 1.807) is 23.4 Å². The van der Waals surface area contributed by atoms with Crippen molar-refractivity contribution in [3.8, 4) is 0 Å². The molecule has 6 nitrogen and oxygen atoms in total. The molecule has 0 aliphatic carbocycles. The van der Waals surface area contributed by atoms with Crippen molar-refractivity contribution < 1.29 is 4.79 Å². The maximum absolute atomic E-state index is 13.3. The van der Waals surface area contributed by atoms with Gasteiger partial charge in [0, 0.05) is 62.4 Å². The van der Waals surface area contributed by atoms with Gasteiger partial charge in [0.2, 0.25) is 5.91 Å². The molecule has 0 bridgehead atoms. The molecular weight excluding hydrogens is 588 g/mol. The topological polar surface area (TPSA) is 58.4 Å². The van der Waals surface area contributed by atoms with Gasteiger partial charge in [-0.3, -0.25) is 19.1 Å². The summed E-state index contributed by atoms with van der Waals surface area (Å²) < 4.78 is 1.66. The lowest BCUT2D eigenvalue weighted by Crippen LogP contribution is -2.49. The Kier molecular flexibility index (Phi) is 11.3. The average Bonchev–Trinajstić information content (AvgIpc) is 3.05. The summed E-state index contributed by atoms with van der Waals surface area (Å²) in [7, 11) is 1.79. The lowest BCUT2D eigenvalue weighted by Gasteiger charge is -2.40. The van der Waals surface area contributed by atoms with E-state index < -0.39 is 0 Å². The molecule has 5 rings (SSSR count). The number of unbranched alkanes of at least 4 members (excludes halogenated alkanes) is 1. The summed E-state index contributed by atoms with van der Waals surface area (Å²) in [5, 5.41) is 1.40. The Morgan fingerprint density at radius 2 is 1.57 bits per heavy atom. The van der Waals surface area contributed by atoms with Crippen LogP contribution in [0.4, 0.5) is 0 Å². The molecule has 0 atom stereocenters. The maximum atomic E-state index is 13.3. The van der Waals surface area contributed by atoms with Crippen molar-refractivity contribution in [2.75, 3.05) is 31.9 Å². The lowest BCUT2D eigenvalue weighted by molar-refractivity contribution is -0.133. The molecule has 0 radical (unpaired) electrons. The molecule has 3 aromatic carbocycles. The smallest absolute Gasteiger partial charge is 0.257 e. The number of hydrogen-bond acceptors (Lipinski definition) is 5. The first kappa shape index (κ1) is 32.0. The highest BCUT2D eigenvalue weighted by molar-refractivity contribution is 7.99. The number of amides is 1. The normalized spacial score (nSPS) is 13.9. The van der Waals surface area contributed by atoms with Crippen LogP contribution in [0, 0.1) is 0 Å². The third-order valence-corrected chi connectivity index (χ3v) is 9.66. The zero-order valence-corrected chi connectivity index (χ0v) is 27.2. The van der Waals surface area contributed by atoms with Crippen LogP contribution in [0.2, 0.25) is 5.02 Å². The Morgan fingerprint density at radius 3 is 2.18 bits per heavy atom. The molecule has 230 valence electrons. The van der Waals surface area contributed by atoms with Crippen LogP contribution < -0.4 is 5.56 Å². The highest BCUT2D eigenvalue weighted by Crippen LogP contribution is 2.29. The summed E-state index contributed by atoms with van der Waals surface area (Å²) in [5.41, 5.74) is 5.13. The number of carbonyl (C=O) groups is 1. The molecule has 1 fully saturated rings. The predicted octanol–water partition coefficient (Wildman–Crippen LogP) is 6.78. The highest BCUT2D eigenvalue weighted by Gasteiger charge is 2.28. The number of aromatic nitrogens is 2. The zero-order valence-electron chi connectivity index (χ0n) is 25.6. The van der Waals surface area contributed by atoms with Crippen molar-refractivity contribution in [2.45, 2.75) is 50.2 Å². The molecule has 0 N–H and O–H groups in total. The van der Waals surface area contributed by atoms with Gasteiger partial charge in [-0.05, 0) is 48.1 Å². The number of nitrogens with zero attached hydrogens (tertiary/aromatic N) is 4. The third-order valence-electron chi connectivity index (χ3n) is 8.31. The van der Waals surface area contributed by atoms with Crippen LogP contribution in [-0.4, -0.2) is 57.2 Å². The van der Waals surface area contributed by atoms with E-state index in [4.69, 9.17) is 16.6 Å². The number of benzene rings is 3. The second-order valence-electron chi connectivity index (χ2n) is 11.3. The minimum atomic E-state index is -0.00425. The molecule has 4 aromatic rings. The minimum Gasteiger partial charge on any atom is -0.340 e. The van der Waals surface area contributed by atoms with Gasteiger partial charge in [-0.2, -0.15) is 0 Å². The van der Waals surface area contributed by atoms with E-state index >= 15 is 0 Å². The summed E-state index contributed by atoms with van der Waals surface area (Å²) in [6, 6.07) is 29.1. The Balaban J connectivity index is 1.10. The summed E-state index contributed by atoms with van der Waals surface area (Å²) in [4.78, 5) is 35.7. The monoisotopic (exact) mass is 628 g/mol. The second-order valence-corrected chi connectivity index (χ2v) is 12.8. The number of rotatable bonds is 12. The van der Waals surface area contributed by atoms with Crippen LogP contribution in [0.3, 0.4) is 0 Å². The van der Waals surface area contributed by atoms with Crippen molar-refractivity contribution in [3.05, 3.63) is 128 Å². The van der Waals surface area contributed by atoms with Gasteiger partial charge in [0.15, 0.2) is 5.16 Å². The van der Waals surface area contributed by atoms with E-state index in [2.05, 4.69) is 65.6 Å². The van der Waals surface area contributed by atoms with Gasteiger partial charge in [0.25, 0.3) is 5.56 Å². The average molecular weight is 629 g/mol. The van der Waals surface area contributed by atoms with Crippen LogP contribution in [0.25, 0.3) is 0 Å². The van der Waals surface area contributed by atoms with Gasteiger partial charge >= 0.3 is 0 Å². The maximum Gasteiger partial charge on any atom is 0.257 e. The first-order chi connectivity index (χ1) is 21.4. The first-order valence-electron chi connectivity index (χ1n) is 15.5. The number of halogens is 1. The van der Waals surface area contributed by atoms with Gasteiger partial charge in [-0.1, -0.05) is 103 Å². The van der Waals surface area contributed by atoms with Crippen molar-refractivity contribution in [3.63, 3.8) is 0 Å². The predicted molar refractivity (Wildman–Crippen MR) is 181 cm³/mol. The summed E-state index contributed by atoms with van der Waals surface area (Å²) >= 11 is 7.75. The van der Waals surface area contributed by atoms with Crippen LogP contribution in [-0.2, 0) is 24.7 Å². The molecule has 1 saturated heterocycles. The van der Waals surface area contributed by atoms with Crippen LogP contribution in [0.15, 0.2) is 94.9 Å². The summed E-state index contributed by atoms with van der Waals surface area (Å²) in [6.07, 6.45) is 3.47. The van der Waals surface area contributed by atoms with Crippen molar-refractivity contribution in [1.82, 2.24) is 19.4 Å². The fourth-order valence-electron chi connectivity index (χ4n) is 5.94. The second kappa shape index (κ2) is 15.6. The molecule has 1 aliphatic heterocycles. The van der Waals surface area contributed by atoms with Crippen molar-refractivity contribution in [2.24, 2.45) is 7.05 Å². The van der Waals surface area contributed by atoms with Crippen molar-refractivity contribution >= 4 is 29.3 Å². The van der Waals surface area contributed by atoms with E-state index in [0.29, 0.717) is 24.3 Å². The van der Waals surface area contributed by atoms with E-state index in [-0.39, 0.29) is 17.5 Å². The SMILES string of the molecule is CCc1nc(SCCCCC(=O)N2CCN(C(c3ccccc3)c3ccccc3)CC2)n(C)c(=O)c1Cc1cccc(Cl)c1. The number of hydrogen-bond donors (Lipinski definition) is 0. The number of carbonyl (C=O) groups excluding carboxylic acids is 1. The van der Waals surface area contributed by atoms with Crippen LogP contribution in [0.5, 0.6) is 0 Å². The molecule has 1 amide bonds. The standard InChI is InChI=1S/C36H41ClN4O2S/c1-3-32-31(26-27-13-12-18-30(37)25-27)35(43)39(2)36(38-32)44-24-11-10-19-33(42)40-20-22-41(23-21-40)34(28-14-6-4-7-15-28)29-16-8-5-9-17-29/h4-9,12-18,25,34H,3,10-11,19-24,26H2,1-2H3. The number of aryl methyl sites for hydroxylation is 1. The molecule has 1 aromatic heterocycles. The molecule has 1 aliphatic rings. The Labute approximate surface area is 270 Å². The molecular formula is C36H41ClN4O2S. The van der Waals surface area contributed by atoms with E-state index in [1.165, 1.54) is 11.1 Å². The van der Waals surface area contributed by atoms with Crippen LogP contribution in [0.1, 0.15) is 60.2 Å². The Hall–Kier alpha value is -3.39. The van der Waals surface area contributed by atoms with E-state index in [0.717, 1.165) is 66.8 Å². The van der Waals surface area contributed by atoms with E-state index in [9.17, 15) is 9.59 Å². The molecule has 0 saturated carbocycles. The molecule has 8 heteroatoms. The minimum absolute atomic E-state index is 0.00425. The molecule has 0 spiro atoms. The van der Waals surface area contributed by atoms with Gasteiger partial charge < -0.3 is 4.90 Å². The van der Waals surface area contributed by atoms with Gasteiger partial charge in [-0.25, -0.2) is 4.98 Å². The molecule has 2 heterocycles. The van der Waals surface area contributed by atoms with Crippen molar-refractivity contribution in [1.29, 1.82) is 0 Å². The molecule has 0 unspecified atom stereocenters. The quantitative estimate of drug-likeness (QED) is 0.0983. The van der Waals surface area contributed by atoms with Crippen LogP contribution >= 0.6 is 23.4 Å². The van der Waals surface area contributed by atoms with Gasteiger partial charge in [-0.15, -0.1) is 0 Å². The third kappa shape index (κ3) is 8.00. The van der Waals surface area contributed by atoms with E-state index in [1.807, 2.05) is 36.1 Å². The Morgan fingerprint density at radius 1 is 0.909 bits per heavy atom. The highest BCUT2D eigenvalue weighted by atomic mass is 35.5. The number of piperazine rings is 1. The largest absolute Gasteiger partial charge is 0.340 e.